The van der Waals surface area contributed by atoms with Crippen molar-refractivity contribution in [3.63, 3.8) is 0 Å². The van der Waals surface area contributed by atoms with E-state index in [1.807, 2.05) is 0 Å². The van der Waals surface area contributed by atoms with Crippen molar-refractivity contribution < 1.29 is 14.7 Å². The standard InChI is InChI=1S/C10H17NO3/c1-2-3-5-9(8-13)11-10(14)6-4-7-12/h2,8-9,12H,1,3-7H2,(H,11,14). The van der Waals surface area contributed by atoms with Crippen LogP contribution < -0.4 is 5.32 Å². The molecule has 0 saturated heterocycles. The first-order chi connectivity index (χ1) is 6.74. The number of amides is 1. The van der Waals surface area contributed by atoms with E-state index < -0.39 is 6.04 Å². The van der Waals surface area contributed by atoms with Crippen LogP contribution in [0.1, 0.15) is 25.7 Å². The van der Waals surface area contributed by atoms with Gasteiger partial charge < -0.3 is 15.2 Å². The Hall–Kier alpha value is -1.16. The van der Waals surface area contributed by atoms with Crippen LogP contribution in [0.4, 0.5) is 0 Å². The molecule has 0 aromatic rings. The van der Waals surface area contributed by atoms with Crippen molar-refractivity contribution in [1.29, 1.82) is 0 Å². The Kier molecular flexibility index (Phi) is 7.74. The van der Waals surface area contributed by atoms with Gasteiger partial charge in [-0.15, -0.1) is 6.58 Å². The van der Waals surface area contributed by atoms with Gasteiger partial charge in [0.2, 0.25) is 5.91 Å². The molecule has 0 bridgehead atoms. The molecule has 0 aliphatic rings. The molecule has 0 aliphatic heterocycles. The number of hydrogen-bond acceptors (Lipinski definition) is 3. The van der Waals surface area contributed by atoms with Crippen molar-refractivity contribution in [2.24, 2.45) is 0 Å². The SMILES string of the molecule is C=CCCC(C=O)NC(=O)CCCO. The average molecular weight is 199 g/mol. The number of carbonyl (C=O) groups is 2. The lowest BCUT2D eigenvalue weighted by molar-refractivity contribution is -0.124. The third-order valence-electron chi connectivity index (χ3n) is 1.75. The first kappa shape index (κ1) is 12.8. The van der Waals surface area contributed by atoms with E-state index in [-0.39, 0.29) is 18.9 Å². The van der Waals surface area contributed by atoms with Gasteiger partial charge in [-0.25, -0.2) is 0 Å². The molecule has 1 amide bonds. The molecule has 0 saturated carbocycles. The highest BCUT2D eigenvalue weighted by Gasteiger charge is 2.09. The minimum atomic E-state index is -0.431. The van der Waals surface area contributed by atoms with E-state index in [9.17, 15) is 9.59 Å². The van der Waals surface area contributed by atoms with Crippen molar-refractivity contribution in [1.82, 2.24) is 5.32 Å². The zero-order chi connectivity index (χ0) is 10.8. The van der Waals surface area contributed by atoms with Gasteiger partial charge in [0.05, 0.1) is 6.04 Å². The first-order valence-electron chi connectivity index (χ1n) is 4.71. The molecule has 0 heterocycles. The molecular formula is C10H17NO3. The van der Waals surface area contributed by atoms with E-state index in [0.717, 1.165) is 6.29 Å². The van der Waals surface area contributed by atoms with Crippen molar-refractivity contribution in [3.05, 3.63) is 12.7 Å². The second-order valence-electron chi connectivity index (χ2n) is 3.00. The van der Waals surface area contributed by atoms with E-state index >= 15 is 0 Å². The van der Waals surface area contributed by atoms with E-state index in [4.69, 9.17) is 5.11 Å². The number of nitrogens with one attached hydrogen (secondary N) is 1. The van der Waals surface area contributed by atoms with Crippen molar-refractivity contribution in [2.45, 2.75) is 31.7 Å². The summed E-state index contributed by atoms with van der Waals surface area (Å²) in [5.41, 5.74) is 0. The zero-order valence-electron chi connectivity index (χ0n) is 8.24. The van der Waals surface area contributed by atoms with E-state index in [2.05, 4.69) is 11.9 Å². The van der Waals surface area contributed by atoms with Gasteiger partial charge in [-0.2, -0.15) is 0 Å². The Bertz CT molecular complexity index is 192. The van der Waals surface area contributed by atoms with Gasteiger partial charge in [0, 0.05) is 13.0 Å². The number of carbonyl (C=O) groups excluding carboxylic acids is 2. The summed E-state index contributed by atoms with van der Waals surface area (Å²) in [5, 5.41) is 11.1. The van der Waals surface area contributed by atoms with Gasteiger partial charge in [0.25, 0.3) is 0 Å². The molecule has 0 spiro atoms. The number of aliphatic hydroxyl groups is 1. The number of rotatable bonds is 8. The quantitative estimate of drug-likeness (QED) is 0.439. The normalized spacial score (nSPS) is 11.8. The van der Waals surface area contributed by atoms with Crippen LogP contribution in [-0.4, -0.2) is 29.9 Å². The van der Waals surface area contributed by atoms with Crippen LogP contribution in [0.5, 0.6) is 0 Å². The van der Waals surface area contributed by atoms with E-state index in [1.54, 1.807) is 6.08 Å². The number of hydrogen-bond donors (Lipinski definition) is 2. The molecule has 14 heavy (non-hydrogen) atoms. The molecule has 80 valence electrons. The van der Waals surface area contributed by atoms with Gasteiger partial charge in [0.15, 0.2) is 0 Å². The molecule has 0 aliphatic carbocycles. The van der Waals surface area contributed by atoms with E-state index in [1.165, 1.54) is 0 Å². The van der Waals surface area contributed by atoms with Gasteiger partial charge in [-0.05, 0) is 19.3 Å². The Morgan fingerprint density at radius 1 is 1.57 bits per heavy atom. The number of aldehydes is 1. The molecule has 0 aromatic heterocycles. The Morgan fingerprint density at radius 3 is 2.79 bits per heavy atom. The fourth-order valence-electron chi connectivity index (χ4n) is 0.990. The lowest BCUT2D eigenvalue weighted by Gasteiger charge is -2.10. The van der Waals surface area contributed by atoms with Gasteiger partial charge in [-0.1, -0.05) is 6.08 Å². The summed E-state index contributed by atoms with van der Waals surface area (Å²) in [6.07, 6.45) is 4.39. The maximum absolute atomic E-state index is 11.1. The highest BCUT2D eigenvalue weighted by molar-refractivity contribution is 5.79. The molecule has 1 unspecified atom stereocenters. The molecule has 0 radical (unpaired) electrons. The van der Waals surface area contributed by atoms with Crippen LogP contribution in [-0.2, 0) is 9.59 Å². The summed E-state index contributed by atoms with van der Waals surface area (Å²) < 4.78 is 0. The van der Waals surface area contributed by atoms with Crippen LogP contribution in [0.3, 0.4) is 0 Å². The lowest BCUT2D eigenvalue weighted by Crippen LogP contribution is -2.35. The first-order valence-corrected chi connectivity index (χ1v) is 4.71. The fourth-order valence-corrected chi connectivity index (χ4v) is 0.990. The Balaban J connectivity index is 3.73. The summed E-state index contributed by atoms with van der Waals surface area (Å²) in [7, 11) is 0. The van der Waals surface area contributed by atoms with Crippen LogP contribution in [0.2, 0.25) is 0 Å². The van der Waals surface area contributed by atoms with Crippen LogP contribution >= 0.6 is 0 Å². The second-order valence-corrected chi connectivity index (χ2v) is 3.00. The molecule has 2 N–H and O–H groups in total. The smallest absolute Gasteiger partial charge is 0.220 e. The minimum absolute atomic E-state index is 0.00810. The highest BCUT2D eigenvalue weighted by Crippen LogP contribution is 1.96. The van der Waals surface area contributed by atoms with Gasteiger partial charge >= 0.3 is 0 Å². The minimum Gasteiger partial charge on any atom is -0.396 e. The molecule has 1 atom stereocenters. The van der Waals surface area contributed by atoms with Crippen molar-refractivity contribution >= 4 is 12.2 Å². The second kappa shape index (κ2) is 8.44. The van der Waals surface area contributed by atoms with E-state index in [0.29, 0.717) is 19.3 Å². The summed E-state index contributed by atoms with van der Waals surface area (Å²) in [5.74, 6) is -0.194. The van der Waals surface area contributed by atoms with Crippen LogP contribution in [0, 0.1) is 0 Å². The Morgan fingerprint density at radius 2 is 2.29 bits per heavy atom. The van der Waals surface area contributed by atoms with Crippen molar-refractivity contribution in [3.8, 4) is 0 Å². The summed E-state index contributed by atoms with van der Waals surface area (Å²) in [6, 6.07) is -0.431. The predicted molar refractivity (Wildman–Crippen MR) is 53.7 cm³/mol. The molecular weight excluding hydrogens is 182 g/mol. The number of allylic oxidation sites excluding steroid dienone is 1. The average Bonchev–Trinajstić information content (AvgIpc) is 2.21. The summed E-state index contributed by atoms with van der Waals surface area (Å²) >= 11 is 0. The highest BCUT2D eigenvalue weighted by atomic mass is 16.3. The third-order valence-corrected chi connectivity index (χ3v) is 1.75. The monoisotopic (exact) mass is 199 g/mol. The molecule has 0 aromatic carbocycles. The lowest BCUT2D eigenvalue weighted by atomic mass is 10.1. The third kappa shape index (κ3) is 6.37. The fraction of sp³-hybridized carbons (Fsp3) is 0.600. The number of aliphatic hydroxyl groups excluding tert-OH is 1. The molecule has 4 nitrogen and oxygen atoms in total. The van der Waals surface area contributed by atoms with Crippen molar-refractivity contribution in [2.75, 3.05) is 6.61 Å². The topological polar surface area (TPSA) is 66.4 Å². The van der Waals surface area contributed by atoms with Crippen LogP contribution in [0.15, 0.2) is 12.7 Å². The van der Waals surface area contributed by atoms with Gasteiger partial charge in [0.1, 0.15) is 6.29 Å². The molecule has 4 heteroatoms. The molecule has 0 rings (SSSR count). The summed E-state index contributed by atoms with van der Waals surface area (Å²) in [6.45, 7) is 3.53. The molecule has 0 fully saturated rings. The Labute approximate surface area is 84.0 Å². The maximum atomic E-state index is 11.1. The zero-order valence-corrected chi connectivity index (χ0v) is 8.24. The maximum Gasteiger partial charge on any atom is 0.220 e. The van der Waals surface area contributed by atoms with Crippen LogP contribution in [0.25, 0.3) is 0 Å². The summed E-state index contributed by atoms with van der Waals surface area (Å²) in [4.78, 5) is 21.6. The van der Waals surface area contributed by atoms with Gasteiger partial charge in [-0.3, -0.25) is 4.79 Å². The predicted octanol–water partition coefficient (Wildman–Crippen LogP) is 0.409. The largest absolute Gasteiger partial charge is 0.396 e.